The van der Waals surface area contributed by atoms with Crippen molar-refractivity contribution in [3.63, 3.8) is 0 Å². The van der Waals surface area contributed by atoms with Crippen molar-refractivity contribution in [2.45, 2.75) is 70.9 Å². The molecule has 1 amide bonds. The van der Waals surface area contributed by atoms with E-state index in [1.165, 1.54) is 6.42 Å². The maximum Gasteiger partial charge on any atom is 0.240 e. The maximum atomic E-state index is 12.5. The summed E-state index contributed by atoms with van der Waals surface area (Å²) in [4.78, 5) is 12.5. The monoisotopic (exact) mass is 288 g/mol. The van der Waals surface area contributed by atoms with E-state index in [0.29, 0.717) is 6.04 Å². The average Bonchev–Trinajstić information content (AvgIpc) is 2.77. The second kappa shape index (κ2) is 6.94. The molecule has 0 radical (unpaired) electrons. The minimum atomic E-state index is -0.274. The lowest BCUT2D eigenvalue weighted by molar-refractivity contribution is -0.128. The zero-order chi connectivity index (χ0) is 13.2. The van der Waals surface area contributed by atoms with E-state index in [1.54, 1.807) is 0 Å². The van der Waals surface area contributed by atoms with E-state index in [9.17, 15) is 4.79 Å². The highest BCUT2D eigenvalue weighted by Crippen LogP contribution is 2.30. The molecule has 1 heterocycles. The standard InChI is InChI=1S/C15H28N2O.ClH/c1-4-15(6-5-7-16-15)14(18)17-13-9-11(2)8-12(3)10-13;/h11-13,16H,4-10H2,1-3H3,(H,17,18);1H. The lowest BCUT2D eigenvalue weighted by Crippen LogP contribution is -2.56. The molecular weight excluding hydrogens is 260 g/mol. The van der Waals surface area contributed by atoms with Crippen molar-refractivity contribution in [2.24, 2.45) is 11.8 Å². The maximum absolute atomic E-state index is 12.5. The summed E-state index contributed by atoms with van der Waals surface area (Å²) in [5.41, 5.74) is -0.274. The van der Waals surface area contributed by atoms with Crippen molar-refractivity contribution in [3.05, 3.63) is 0 Å². The van der Waals surface area contributed by atoms with Crippen LogP contribution in [-0.2, 0) is 4.79 Å². The van der Waals surface area contributed by atoms with E-state index in [1.807, 2.05) is 0 Å². The molecule has 19 heavy (non-hydrogen) atoms. The predicted molar refractivity (Wildman–Crippen MR) is 81.6 cm³/mol. The first-order chi connectivity index (χ1) is 8.55. The third-order valence-electron chi connectivity index (χ3n) is 4.80. The van der Waals surface area contributed by atoms with Gasteiger partial charge in [0, 0.05) is 6.04 Å². The second-order valence-electron chi connectivity index (χ2n) is 6.55. The van der Waals surface area contributed by atoms with Crippen LogP contribution in [0.25, 0.3) is 0 Å². The van der Waals surface area contributed by atoms with Crippen molar-refractivity contribution in [1.29, 1.82) is 0 Å². The molecule has 3 unspecified atom stereocenters. The van der Waals surface area contributed by atoms with Gasteiger partial charge in [-0.3, -0.25) is 4.79 Å². The Balaban J connectivity index is 0.00000180. The molecular formula is C15H29ClN2O. The molecule has 2 rings (SSSR count). The van der Waals surface area contributed by atoms with Crippen molar-refractivity contribution < 1.29 is 4.79 Å². The molecule has 2 N–H and O–H groups in total. The van der Waals surface area contributed by atoms with Crippen molar-refractivity contribution in [3.8, 4) is 0 Å². The lowest BCUT2D eigenvalue weighted by atomic mass is 9.80. The zero-order valence-electron chi connectivity index (χ0n) is 12.5. The fourth-order valence-electron chi connectivity index (χ4n) is 3.85. The first-order valence-corrected chi connectivity index (χ1v) is 7.61. The molecule has 0 spiro atoms. The second-order valence-corrected chi connectivity index (χ2v) is 6.55. The fourth-order valence-corrected chi connectivity index (χ4v) is 3.85. The summed E-state index contributed by atoms with van der Waals surface area (Å²) in [7, 11) is 0. The summed E-state index contributed by atoms with van der Waals surface area (Å²) in [6, 6.07) is 0.391. The predicted octanol–water partition coefficient (Wildman–Crippen LogP) is 2.88. The molecule has 1 aliphatic carbocycles. The third kappa shape index (κ3) is 3.85. The van der Waals surface area contributed by atoms with Crippen LogP contribution in [-0.4, -0.2) is 24.0 Å². The van der Waals surface area contributed by atoms with Gasteiger partial charge in [0.1, 0.15) is 0 Å². The molecule has 3 nitrogen and oxygen atoms in total. The Morgan fingerprint density at radius 1 is 1.26 bits per heavy atom. The van der Waals surface area contributed by atoms with Crippen LogP contribution in [0.3, 0.4) is 0 Å². The number of rotatable bonds is 3. The van der Waals surface area contributed by atoms with E-state index >= 15 is 0 Å². The van der Waals surface area contributed by atoms with E-state index < -0.39 is 0 Å². The number of nitrogens with one attached hydrogen (secondary N) is 2. The summed E-state index contributed by atoms with van der Waals surface area (Å²) in [5.74, 6) is 1.73. The van der Waals surface area contributed by atoms with Gasteiger partial charge in [-0.1, -0.05) is 20.8 Å². The molecule has 1 saturated carbocycles. The smallest absolute Gasteiger partial charge is 0.240 e. The summed E-state index contributed by atoms with van der Waals surface area (Å²) >= 11 is 0. The van der Waals surface area contributed by atoms with Gasteiger partial charge in [-0.15, -0.1) is 12.4 Å². The Labute approximate surface area is 123 Å². The third-order valence-corrected chi connectivity index (χ3v) is 4.80. The Morgan fingerprint density at radius 2 is 1.89 bits per heavy atom. The number of hydrogen-bond donors (Lipinski definition) is 2. The van der Waals surface area contributed by atoms with Crippen LogP contribution in [0.15, 0.2) is 0 Å². The summed E-state index contributed by atoms with van der Waals surface area (Å²) in [6.07, 6.45) is 6.62. The highest BCUT2D eigenvalue weighted by molar-refractivity contribution is 5.86. The molecule has 3 atom stereocenters. The Bertz CT molecular complexity index is 293. The van der Waals surface area contributed by atoms with Crippen LogP contribution < -0.4 is 10.6 Å². The molecule has 4 heteroatoms. The van der Waals surface area contributed by atoms with Gasteiger partial charge in [0.15, 0.2) is 0 Å². The SMILES string of the molecule is CCC1(C(=O)NC2CC(C)CC(C)C2)CCCN1.Cl. The molecule has 0 aromatic heterocycles. The minimum absolute atomic E-state index is 0. The number of amides is 1. The molecule has 0 aromatic carbocycles. The van der Waals surface area contributed by atoms with Gasteiger partial charge in [0.25, 0.3) is 0 Å². The molecule has 1 saturated heterocycles. The fraction of sp³-hybridized carbons (Fsp3) is 0.933. The van der Waals surface area contributed by atoms with Crippen LogP contribution in [0.1, 0.15) is 59.3 Å². The van der Waals surface area contributed by atoms with Crippen LogP contribution in [0.5, 0.6) is 0 Å². The Hall–Kier alpha value is -0.280. The van der Waals surface area contributed by atoms with Crippen molar-refractivity contribution in [1.82, 2.24) is 10.6 Å². The van der Waals surface area contributed by atoms with Crippen LogP contribution in [0.2, 0.25) is 0 Å². The van der Waals surface area contributed by atoms with Gasteiger partial charge in [-0.25, -0.2) is 0 Å². The van der Waals surface area contributed by atoms with Gasteiger partial charge in [0.05, 0.1) is 5.54 Å². The molecule has 0 aromatic rings. The first-order valence-electron chi connectivity index (χ1n) is 7.61. The van der Waals surface area contributed by atoms with Crippen LogP contribution in [0, 0.1) is 11.8 Å². The van der Waals surface area contributed by atoms with E-state index in [0.717, 1.165) is 50.5 Å². The molecule has 2 fully saturated rings. The van der Waals surface area contributed by atoms with Crippen LogP contribution >= 0.6 is 12.4 Å². The Morgan fingerprint density at radius 3 is 2.37 bits per heavy atom. The minimum Gasteiger partial charge on any atom is -0.352 e. The highest BCUT2D eigenvalue weighted by Gasteiger charge is 2.40. The van der Waals surface area contributed by atoms with Gasteiger partial charge in [0.2, 0.25) is 5.91 Å². The quantitative estimate of drug-likeness (QED) is 0.838. The van der Waals surface area contributed by atoms with Crippen molar-refractivity contribution in [2.75, 3.05) is 6.54 Å². The molecule has 112 valence electrons. The molecule has 2 aliphatic rings. The zero-order valence-corrected chi connectivity index (χ0v) is 13.3. The average molecular weight is 289 g/mol. The van der Waals surface area contributed by atoms with Crippen molar-refractivity contribution >= 4 is 18.3 Å². The van der Waals surface area contributed by atoms with Crippen LogP contribution in [0.4, 0.5) is 0 Å². The summed E-state index contributed by atoms with van der Waals surface area (Å²) < 4.78 is 0. The molecule has 1 aliphatic heterocycles. The number of carbonyl (C=O) groups excluding carboxylic acids is 1. The van der Waals surface area contributed by atoms with Gasteiger partial charge >= 0.3 is 0 Å². The number of carbonyl (C=O) groups is 1. The van der Waals surface area contributed by atoms with Gasteiger partial charge in [-0.2, -0.15) is 0 Å². The summed E-state index contributed by atoms with van der Waals surface area (Å²) in [6.45, 7) is 7.71. The molecule has 0 bridgehead atoms. The van der Waals surface area contributed by atoms with E-state index in [4.69, 9.17) is 0 Å². The summed E-state index contributed by atoms with van der Waals surface area (Å²) in [5, 5.41) is 6.73. The van der Waals surface area contributed by atoms with Gasteiger partial charge < -0.3 is 10.6 Å². The van der Waals surface area contributed by atoms with Gasteiger partial charge in [-0.05, 0) is 56.9 Å². The van der Waals surface area contributed by atoms with E-state index in [2.05, 4.69) is 31.4 Å². The topological polar surface area (TPSA) is 41.1 Å². The largest absolute Gasteiger partial charge is 0.352 e. The number of halogens is 1. The highest BCUT2D eigenvalue weighted by atomic mass is 35.5. The normalized spacial score (nSPS) is 38.6. The Kier molecular flexibility index (Phi) is 6.13. The first kappa shape index (κ1) is 16.8. The lowest BCUT2D eigenvalue weighted by Gasteiger charge is -2.35. The number of hydrogen-bond acceptors (Lipinski definition) is 2. The van der Waals surface area contributed by atoms with E-state index in [-0.39, 0.29) is 23.9 Å².